The minimum absolute atomic E-state index is 0.473. The smallest absolute Gasteiger partial charge is 0.123 e. The van der Waals surface area contributed by atoms with Crippen LogP contribution in [0.3, 0.4) is 0 Å². The van der Waals surface area contributed by atoms with E-state index in [0.717, 1.165) is 41.6 Å². The highest BCUT2D eigenvalue weighted by molar-refractivity contribution is 7.13. The maximum Gasteiger partial charge on any atom is 0.123 e. The van der Waals surface area contributed by atoms with Crippen LogP contribution < -0.4 is 5.73 Å². The molecule has 0 saturated carbocycles. The lowest BCUT2D eigenvalue weighted by molar-refractivity contribution is 0.193. The minimum Gasteiger partial charge on any atom is -0.399 e. The molecule has 0 spiro atoms. The van der Waals surface area contributed by atoms with Crippen LogP contribution in [0.5, 0.6) is 0 Å². The van der Waals surface area contributed by atoms with Crippen molar-refractivity contribution in [1.82, 2.24) is 4.98 Å². The number of nitrogens with zero attached hydrogens (tertiary/aromatic N) is 1. The maximum atomic E-state index is 5.78. The molecule has 1 aromatic heterocycles. The fraction of sp³-hybridized carbons (Fsp3) is 0.308. The second kappa shape index (κ2) is 4.47. The van der Waals surface area contributed by atoms with Crippen LogP contribution in [0.25, 0.3) is 10.6 Å². The fourth-order valence-electron chi connectivity index (χ4n) is 2.05. The first-order chi connectivity index (χ1) is 8.33. The first kappa shape index (κ1) is 10.7. The van der Waals surface area contributed by atoms with Gasteiger partial charge in [0.25, 0.3) is 0 Å². The van der Waals surface area contributed by atoms with Gasteiger partial charge in [-0.05, 0) is 18.6 Å². The number of nitrogens with two attached hydrogens (primary N) is 1. The molecule has 3 rings (SSSR count). The van der Waals surface area contributed by atoms with Crippen LogP contribution in [0.15, 0.2) is 29.6 Å². The van der Waals surface area contributed by atoms with Crippen LogP contribution in [0.2, 0.25) is 0 Å². The van der Waals surface area contributed by atoms with Crippen molar-refractivity contribution in [3.63, 3.8) is 0 Å². The van der Waals surface area contributed by atoms with Gasteiger partial charge >= 0.3 is 0 Å². The number of hydrogen-bond acceptors (Lipinski definition) is 4. The van der Waals surface area contributed by atoms with Crippen molar-refractivity contribution in [2.24, 2.45) is 0 Å². The van der Waals surface area contributed by atoms with Crippen LogP contribution in [0.4, 0.5) is 5.69 Å². The Balaban J connectivity index is 1.89. The molecule has 1 saturated heterocycles. The normalized spacial score (nSPS) is 19.6. The summed E-state index contributed by atoms with van der Waals surface area (Å²) >= 11 is 1.68. The zero-order chi connectivity index (χ0) is 11.7. The van der Waals surface area contributed by atoms with Gasteiger partial charge < -0.3 is 10.5 Å². The molecule has 1 aliphatic rings. The highest BCUT2D eigenvalue weighted by Crippen LogP contribution is 2.31. The van der Waals surface area contributed by atoms with Crippen molar-refractivity contribution in [2.75, 3.05) is 18.9 Å². The van der Waals surface area contributed by atoms with Gasteiger partial charge in [0.05, 0.1) is 12.3 Å². The highest BCUT2D eigenvalue weighted by Gasteiger charge is 2.20. The number of hydrogen-bond donors (Lipinski definition) is 1. The summed E-state index contributed by atoms with van der Waals surface area (Å²) in [4.78, 5) is 4.69. The second-order valence-corrected chi connectivity index (χ2v) is 5.12. The summed E-state index contributed by atoms with van der Waals surface area (Å²) in [5, 5.41) is 3.18. The highest BCUT2D eigenvalue weighted by atomic mass is 32.1. The molecule has 1 fully saturated rings. The minimum atomic E-state index is 0.473. The summed E-state index contributed by atoms with van der Waals surface area (Å²) in [6.07, 6.45) is 1.08. The lowest BCUT2D eigenvalue weighted by Crippen LogP contribution is -1.97. The van der Waals surface area contributed by atoms with Gasteiger partial charge in [-0.15, -0.1) is 11.3 Å². The molecule has 88 valence electrons. The predicted molar refractivity (Wildman–Crippen MR) is 70.1 cm³/mol. The van der Waals surface area contributed by atoms with E-state index in [0.29, 0.717) is 5.92 Å². The first-order valence-electron chi connectivity index (χ1n) is 5.72. The van der Waals surface area contributed by atoms with E-state index in [2.05, 4.69) is 10.4 Å². The molecule has 2 heterocycles. The molecule has 1 aliphatic heterocycles. The summed E-state index contributed by atoms with van der Waals surface area (Å²) in [6.45, 7) is 1.66. The lowest BCUT2D eigenvalue weighted by Gasteiger charge is -2.02. The molecule has 2 aromatic rings. The summed E-state index contributed by atoms with van der Waals surface area (Å²) in [5.41, 5.74) is 8.82. The van der Waals surface area contributed by atoms with Gasteiger partial charge in [0, 0.05) is 29.2 Å². The molecule has 0 aliphatic carbocycles. The first-order valence-corrected chi connectivity index (χ1v) is 6.60. The third-order valence-corrected chi connectivity index (χ3v) is 3.91. The molecule has 1 atom stereocenters. The SMILES string of the molecule is Nc1cccc(-c2nc(C3CCOC3)cs2)c1. The van der Waals surface area contributed by atoms with Gasteiger partial charge in [0.2, 0.25) is 0 Å². The molecule has 0 bridgehead atoms. The van der Waals surface area contributed by atoms with Crippen molar-refractivity contribution in [3.8, 4) is 10.6 Å². The Morgan fingerprint density at radius 1 is 1.41 bits per heavy atom. The third-order valence-electron chi connectivity index (χ3n) is 3.00. The Kier molecular flexibility index (Phi) is 2.82. The van der Waals surface area contributed by atoms with Gasteiger partial charge in [0.15, 0.2) is 0 Å². The molecular formula is C13H14N2OS. The summed E-state index contributed by atoms with van der Waals surface area (Å²) < 4.78 is 5.39. The number of anilines is 1. The molecule has 3 nitrogen and oxygen atoms in total. The number of aromatic nitrogens is 1. The van der Waals surface area contributed by atoms with E-state index < -0.39 is 0 Å². The second-order valence-electron chi connectivity index (χ2n) is 4.26. The standard InChI is InChI=1S/C13H14N2OS/c14-11-3-1-2-9(6-11)13-15-12(8-17-13)10-4-5-16-7-10/h1-3,6,8,10H,4-5,7,14H2. The van der Waals surface area contributed by atoms with E-state index >= 15 is 0 Å². The van der Waals surface area contributed by atoms with Crippen molar-refractivity contribution in [2.45, 2.75) is 12.3 Å². The quantitative estimate of drug-likeness (QED) is 0.829. The fourth-order valence-corrected chi connectivity index (χ4v) is 2.94. The molecule has 0 radical (unpaired) electrons. The Morgan fingerprint density at radius 3 is 3.12 bits per heavy atom. The molecule has 4 heteroatoms. The van der Waals surface area contributed by atoms with Gasteiger partial charge in [-0.1, -0.05) is 12.1 Å². The third kappa shape index (κ3) is 2.18. The van der Waals surface area contributed by atoms with Gasteiger partial charge in [-0.25, -0.2) is 4.98 Å². The van der Waals surface area contributed by atoms with Crippen LogP contribution in [0.1, 0.15) is 18.0 Å². The van der Waals surface area contributed by atoms with Crippen LogP contribution in [-0.2, 0) is 4.74 Å². The number of rotatable bonds is 2. The Bertz CT molecular complexity index is 518. The Hall–Kier alpha value is -1.39. The summed E-state index contributed by atoms with van der Waals surface area (Å²) in [7, 11) is 0. The number of benzene rings is 1. The van der Waals surface area contributed by atoms with Crippen molar-refractivity contribution >= 4 is 17.0 Å². The number of thiazole rings is 1. The molecule has 17 heavy (non-hydrogen) atoms. The van der Waals surface area contributed by atoms with E-state index in [4.69, 9.17) is 10.5 Å². The zero-order valence-corrected chi connectivity index (χ0v) is 10.2. The number of nitrogen functional groups attached to an aromatic ring is 1. The zero-order valence-electron chi connectivity index (χ0n) is 9.43. The van der Waals surface area contributed by atoms with E-state index in [1.54, 1.807) is 11.3 Å². The van der Waals surface area contributed by atoms with Crippen molar-refractivity contribution in [1.29, 1.82) is 0 Å². The maximum absolute atomic E-state index is 5.78. The molecule has 2 N–H and O–H groups in total. The largest absolute Gasteiger partial charge is 0.399 e. The van der Waals surface area contributed by atoms with Gasteiger partial charge in [-0.3, -0.25) is 0 Å². The van der Waals surface area contributed by atoms with Crippen LogP contribution >= 0.6 is 11.3 Å². The molecule has 1 aromatic carbocycles. The van der Waals surface area contributed by atoms with Crippen molar-refractivity contribution in [3.05, 3.63) is 35.3 Å². The van der Waals surface area contributed by atoms with E-state index in [-0.39, 0.29) is 0 Å². The van der Waals surface area contributed by atoms with E-state index in [9.17, 15) is 0 Å². The van der Waals surface area contributed by atoms with E-state index in [1.807, 2.05) is 24.3 Å². The Labute approximate surface area is 104 Å². The van der Waals surface area contributed by atoms with E-state index in [1.165, 1.54) is 0 Å². The van der Waals surface area contributed by atoms with Gasteiger partial charge in [-0.2, -0.15) is 0 Å². The number of ether oxygens (including phenoxy) is 1. The lowest BCUT2D eigenvalue weighted by atomic mass is 10.1. The summed E-state index contributed by atoms with van der Waals surface area (Å²) in [5.74, 6) is 0.473. The molecule has 1 unspecified atom stereocenters. The Morgan fingerprint density at radius 2 is 2.35 bits per heavy atom. The van der Waals surface area contributed by atoms with Crippen molar-refractivity contribution < 1.29 is 4.74 Å². The van der Waals surface area contributed by atoms with Crippen LogP contribution in [0, 0.1) is 0 Å². The topological polar surface area (TPSA) is 48.1 Å². The average molecular weight is 246 g/mol. The predicted octanol–water partition coefficient (Wildman–Crippen LogP) is 2.90. The molecular weight excluding hydrogens is 232 g/mol. The monoisotopic (exact) mass is 246 g/mol. The summed E-state index contributed by atoms with van der Waals surface area (Å²) in [6, 6.07) is 7.87. The van der Waals surface area contributed by atoms with Gasteiger partial charge in [0.1, 0.15) is 5.01 Å². The molecule has 0 amide bonds. The van der Waals surface area contributed by atoms with Crippen LogP contribution in [-0.4, -0.2) is 18.2 Å². The average Bonchev–Trinajstić information content (AvgIpc) is 3.00.